The highest BCUT2D eigenvalue weighted by molar-refractivity contribution is 5.90. The third kappa shape index (κ3) is 4.11. The number of fused-ring (bicyclic) bond motifs is 1. The van der Waals surface area contributed by atoms with Crippen LogP contribution in [0.4, 0.5) is 11.5 Å². The molecule has 1 heterocycles. The van der Waals surface area contributed by atoms with Crippen LogP contribution in [-0.4, -0.2) is 16.6 Å². The zero-order chi connectivity index (χ0) is 15.2. The Hall–Kier alpha value is -2.33. The third-order valence-electron chi connectivity index (χ3n) is 3.44. The first-order valence-electron chi connectivity index (χ1n) is 7.57. The van der Waals surface area contributed by atoms with E-state index in [4.69, 9.17) is 4.74 Å². The van der Waals surface area contributed by atoms with Crippen molar-refractivity contribution < 1.29 is 17.1 Å². The molecule has 23 heavy (non-hydrogen) atoms. The van der Waals surface area contributed by atoms with E-state index in [0.717, 1.165) is 47.6 Å². The van der Waals surface area contributed by atoms with Crippen LogP contribution in [0, 0.1) is 0 Å². The predicted octanol–water partition coefficient (Wildman–Crippen LogP) is 1.56. The van der Waals surface area contributed by atoms with Crippen LogP contribution in [0.25, 0.3) is 10.9 Å². The Morgan fingerprint density at radius 3 is 2.65 bits per heavy atom. The van der Waals surface area contributed by atoms with Crippen LogP contribution in [0.3, 0.4) is 0 Å². The molecule has 1 N–H and O–H groups in total. The van der Waals surface area contributed by atoms with Gasteiger partial charge in [0.2, 0.25) is 0 Å². The number of nitrogens with one attached hydrogen (secondary N) is 1. The van der Waals surface area contributed by atoms with Crippen molar-refractivity contribution in [2.45, 2.75) is 19.8 Å². The summed E-state index contributed by atoms with van der Waals surface area (Å²) in [6.45, 7) is 2.88. The second-order valence-corrected chi connectivity index (χ2v) is 5.06. The maximum absolute atomic E-state index is 5.86. The Bertz CT molecular complexity index is 759. The molecular weight excluding hydrogens is 310 g/mol. The fourth-order valence-electron chi connectivity index (χ4n) is 2.25. The van der Waals surface area contributed by atoms with E-state index in [0.29, 0.717) is 0 Å². The summed E-state index contributed by atoms with van der Waals surface area (Å²) < 4.78 is 5.86. The van der Waals surface area contributed by atoms with Crippen LogP contribution in [0.2, 0.25) is 0 Å². The highest BCUT2D eigenvalue weighted by Crippen LogP contribution is 2.29. The molecule has 2 aromatic carbocycles. The van der Waals surface area contributed by atoms with Crippen molar-refractivity contribution in [2.75, 3.05) is 11.9 Å². The minimum atomic E-state index is 0. The quantitative estimate of drug-likeness (QED) is 0.698. The first kappa shape index (κ1) is 17.0. The average Bonchev–Trinajstić information content (AvgIpc) is 2.57. The van der Waals surface area contributed by atoms with Gasteiger partial charge in [0.05, 0.1) is 17.8 Å². The number of halogens is 1. The normalized spacial score (nSPS) is 10.1. The molecule has 0 atom stereocenters. The lowest BCUT2D eigenvalue weighted by Crippen LogP contribution is -3.00. The van der Waals surface area contributed by atoms with Gasteiger partial charge >= 0.3 is 0 Å². The minimum Gasteiger partial charge on any atom is -1.00 e. The first-order chi connectivity index (χ1) is 10.9. The lowest BCUT2D eigenvalue weighted by atomic mass is 10.2. The summed E-state index contributed by atoms with van der Waals surface area (Å²) in [4.78, 5) is 8.65. The second kappa shape index (κ2) is 8.34. The van der Waals surface area contributed by atoms with Crippen molar-refractivity contribution in [3.8, 4) is 5.75 Å². The standard InChI is InChI=1S/C18H19N3O.ClH/c1-2-3-12-22-17-11-7-6-10-16(17)21-18-14-8-4-5-9-15(14)19-13-20-18;/h4-11,13H,2-3,12H2,1H3,(H,19,20,21);1H/p-1. The lowest BCUT2D eigenvalue weighted by Gasteiger charge is -2.13. The molecule has 0 amide bonds. The van der Waals surface area contributed by atoms with Crippen LogP contribution in [-0.2, 0) is 0 Å². The molecule has 5 heteroatoms. The molecule has 120 valence electrons. The molecule has 0 aliphatic rings. The number of benzene rings is 2. The molecule has 0 radical (unpaired) electrons. The number of nitrogens with zero attached hydrogens (tertiary/aromatic N) is 2. The largest absolute Gasteiger partial charge is 1.00 e. The Balaban J connectivity index is 0.00000192. The summed E-state index contributed by atoms with van der Waals surface area (Å²) in [5.41, 5.74) is 1.84. The summed E-state index contributed by atoms with van der Waals surface area (Å²) in [7, 11) is 0. The summed E-state index contributed by atoms with van der Waals surface area (Å²) in [6, 6.07) is 15.9. The lowest BCUT2D eigenvalue weighted by molar-refractivity contribution is -0.00000500. The molecule has 0 aliphatic carbocycles. The van der Waals surface area contributed by atoms with E-state index in [2.05, 4.69) is 22.2 Å². The Labute approximate surface area is 142 Å². The van der Waals surface area contributed by atoms with E-state index in [1.54, 1.807) is 6.33 Å². The summed E-state index contributed by atoms with van der Waals surface area (Å²) in [6.07, 6.45) is 3.74. The number of anilines is 2. The van der Waals surface area contributed by atoms with Crippen LogP contribution in [0.1, 0.15) is 19.8 Å². The number of ether oxygens (including phenoxy) is 1. The van der Waals surface area contributed by atoms with Crippen molar-refractivity contribution >= 4 is 22.4 Å². The molecule has 4 nitrogen and oxygen atoms in total. The van der Waals surface area contributed by atoms with Gasteiger partial charge in [-0.2, -0.15) is 0 Å². The molecule has 0 bridgehead atoms. The highest BCUT2D eigenvalue weighted by atomic mass is 35.5. The Morgan fingerprint density at radius 1 is 1.00 bits per heavy atom. The first-order valence-corrected chi connectivity index (χ1v) is 7.57. The number of unbranched alkanes of at least 4 members (excludes halogenated alkanes) is 1. The van der Waals surface area contributed by atoms with Gasteiger partial charge in [0.25, 0.3) is 0 Å². The summed E-state index contributed by atoms with van der Waals surface area (Å²) in [5, 5.41) is 4.36. The van der Waals surface area contributed by atoms with E-state index in [9.17, 15) is 0 Å². The van der Waals surface area contributed by atoms with Gasteiger partial charge in [0.1, 0.15) is 17.9 Å². The van der Waals surface area contributed by atoms with E-state index in [1.807, 2.05) is 48.5 Å². The highest BCUT2D eigenvalue weighted by Gasteiger charge is 2.07. The Kier molecular flexibility index (Phi) is 6.18. The van der Waals surface area contributed by atoms with E-state index in [-0.39, 0.29) is 12.4 Å². The van der Waals surface area contributed by atoms with Gasteiger partial charge in [-0.05, 0) is 30.7 Å². The molecule has 0 saturated carbocycles. The van der Waals surface area contributed by atoms with Crippen molar-refractivity contribution in [1.82, 2.24) is 9.97 Å². The van der Waals surface area contributed by atoms with Crippen LogP contribution >= 0.6 is 0 Å². The van der Waals surface area contributed by atoms with Crippen molar-refractivity contribution in [1.29, 1.82) is 0 Å². The second-order valence-electron chi connectivity index (χ2n) is 5.06. The number of aromatic nitrogens is 2. The molecule has 0 spiro atoms. The fourth-order valence-corrected chi connectivity index (χ4v) is 2.25. The maximum Gasteiger partial charge on any atom is 0.142 e. The van der Waals surface area contributed by atoms with Gasteiger partial charge in [-0.1, -0.05) is 37.6 Å². The predicted molar refractivity (Wildman–Crippen MR) is 89.7 cm³/mol. The number of rotatable bonds is 6. The molecular formula is C18H19ClN3O-. The third-order valence-corrected chi connectivity index (χ3v) is 3.44. The number of para-hydroxylation sites is 3. The van der Waals surface area contributed by atoms with Crippen molar-refractivity contribution in [2.24, 2.45) is 0 Å². The van der Waals surface area contributed by atoms with Gasteiger partial charge in [-0.3, -0.25) is 0 Å². The smallest absolute Gasteiger partial charge is 0.142 e. The van der Waals surface area contributed by atoms with Crippen molar-refractivity contribution in [3.63, 3.8) is 0 Å². The van der Waals surface area contributed by atoms with E-state index >= 15 is 0 Å². The molecule has 0 saturated heterocycles. The fraction of sp³-hybridized carbons (Fsp3) is 0.222. The molecule has 0 unspecified atom stereocenters. The molecule has 1 aromatic heterocycles. The SMILES string of the molecule is CCCCOc1ccccc1Nc1ncnc2ccccc12.[Cl-]. The van der Waals surface area contributed by atoms with Crippen LogP contribution in [0.15, 0.2) is 54.9 Å². The number of hydrogen-bond donors (Lipinski definition) is 1. The van der Waals surface area contributed by atoms with E-state index in [1.165, 1.54) is 0 Å². The zero-order valence-corrected chi connectivity index (χ0v) is 13.8. The molecule has 0 aliphatic heterocycles. The molecule has 3 aromatic rings. The van der Waals surface area contributed by atoms with Gasteiger partial charge < -0.3 is 22.5 Å². The van der Waals surface area contributed by atoms with Crippen LogP contribution < -0.4 is 22.5 Å². The zero-order valence-electron chi connectivity index (χ0n) is 13.0. The average molecular weight is 329 g/mol. The summed E-state index contributed by atoms with van der Waals surface area (Å²) in [5.74, 6) is 1.63. The van der Waals surface area contributed by atoms with Gasteiger partial charge in [-0.25, -0.2) is 9.97 Å². The van der Waals surface area contributed by atoms with E-state index < -0.39 is 0 Å². The molecule has 3 rings (SSSR count). The van der Waals surface area contributed by atoms with Gasteiger partial charge in [0.15, 0.2) is 0 Å². The van der Waals surface area contributed by atoms with Crippen molar-refractivity contribution in [3.05, 3.63) is 54.9 Å². The molecule has 0 fully saturated rings. The monoisotopic (exact) mass is 328 g/mol. The van der Waals surface area contributed by atoms with Gasteiger partial charge in [0, 0.05) is 5.39 Å². The summed E-state index contributed by atoms with van der Waals surface area (Å²) >= 11 is 0. The minimum absolute atomic E-state index is 0. The topological polar surface area (TPSA) is 47.0 Å². The van der Waals surface area contributed by atoms with Crippen LogP contribution in [0.5, 0.6) is 5.75 Å². The number of hydrogen-bond acceptors (Lipinski definition) is 4. The van der Waals surface area contributed by atoms with Gasteiger partial charge in [-0.15, -0.1) is 0 Å². The maximum atomic E-state index is 5.86. The Morgan fingerprint density at radius 2 is 1.78 bits per heavy atom.